The number of carboxylic acid groups (broad SMARTS) is 1. The number of fused-ring (bicyclic) bond motifs is 1. The Labute approximate surface area is 169 Å². The molecule has 2 aliphatic rings. The number of piperidine rings is 1. The Morgan fingerprint density at radius 2 is 2.00 bits per heavy atom. The van der Waals surface area contributed by atoms with Gasteiger partial charge in [0.05, 0.1) is 5.41 Å². The Bertz CT molecular complexity index is 850. The monoisotopic (exact) mass is 401 g/mol. The summed E-state index contributed by atoms with van der Waals surface area (Å²) in [5, 5.41) is 7.93. The number of cyclic esters (lactones) is 1. The van der Waals surface area contributed by atoms with E-state index >= 15 is 0 Å². The highest BCUT2D eigenvalue weighted by atomic mass is 16.6. The number of benzene rings is 1. The Morgan fingerprint density at radius 1 is 1.34 bits per heavy atom. The van der Waals surface area contributed by atoms with Crippen molar-refractivity contribution in [1.29, 1.82) is 0 Å². The van der Waals surface area contributed by atoms with Gasteiger partial charge < -0.3 is 24.6 Å². The second kappa shape index (κ2) is 8.65. The minimum Gasteiger partial charge on any atom is -0.483 e. The third-order valence-electron chi connectivity index (χ3n) is 5.66. The van der Waals surface area contributed by atoms with Crippen LogP contribution in [0.4, 0.5) is 0 Å². The number of amides is 1. The average Bonchev–Trinajstić information content (AvgIpc) is 3.23. The molecule has 2 aliphatic heterocycles. The standard InChI is InChI=1S/C20H25N3O3.CH2O2/c1-22(2)13-15-12-20(19(25)26-15)7-9-23(10-8-20)18(24)17-11-14-5-3-4-6-16(14)21-17;2-1-3/h3-6,11,15,21H,7-10,12-13H2,1-2H3;1H,(H,2,3). The third-order valence-corrected chi connectivity index (χ3v) is 5.66. The number of hydrogen-bond acceptors (Lipinski definition) is 5. The number of rotatable bonds is 3. The lowest BCUT2D eigenvalue weighted by Crippen LogP contribution is -2.45. The first-order valence-electron chi connectivity index (χ1n) is 9.69. The SMILES string of the molecule is CN(C)CC1CC2(CCN(C(=O)c3cc4ccccc4[nH]3)CC2)C(=O)O1.O=CO. The number of likely N-dealkylation sites (N-methyl/N-ethyl adjacent to an activating group) is 1. The number of esters is 1. The molecule has 8 heteroatoms. The molecule has 1 atom stereocenters. The van der Waals surface area contributed by atoms with Crippen molar-refractivity contribution in [1.82, 2.24) is 14.8 Å². The number of H-pyrrole nitrogens is 1. The van der Waals surface area contributed by atoms with E-state index in [0.717, 1.165) is 23.9 Å². The van der Waals surface area contributed by atoms with E-state index in [1.807, 2.05) is 54.2 Å². The molecular formula is C21H27N3O5. The van der Waals surface area contributed by atoms with Gasteiger partial charge in [0.15, 0.2) is 0 Å². The highest BCUT2D eigenvalue weighted by Crippen LogP contribution is 2.43. The molecule has 1 spiro atoms. The van der Waals surface area contributed by atoms with Crippen LogP contribution < -0.4 is 0 Å². The number of para-hydroxylation sites is 1. The summed E-state index contributed by atoms with van der Waals surface area (Å²) < 4.78 is 5.60. The number of hydrogen-bond donors (Lipinski definition) is 2. The number of aromatic nitrogens is 1. The van der Waals surface area contributed by atoms with Crippen LogP contribution in [0, 0.1) is 5.41 Å². The van der Waals surface area contributed by atoms with E-state index in [1.165, 1.54) is 0 Å². The summed E-state index contributed by atoms with van der Waals surface area (Å²) in [6.07, 6.45) is 2.09. The Balaban J connectivity index is 0.000000755. The van der Waals surface area contributed by atoms with Gasteiger partial charge in [0.1, 0.15) is 11.8 Å². The van der Waals surface area contributed by atoms with Crippen molar-refractivity contribution in [3.05, 3.63) is 36.0 Å². The molecular weight excluding hydrogens is 374 g/mol. The van der Waals surface area contributed by atoms with Crippen LogP contribution >= 0.6 is 0 Å². The molecule has 0 radical (unpaired) electrons. The number of ether oxygens (including phenoxy) is 1. The predicted octanol–water partition coefficient (Wildman–Crippen LogP) is 1.97. The number of likely N-dealkylation sites (tertiary alicyclic amines) is 1. The fraction of sp³-hybridized carbons (Fsp3) is 0.476. The van der Waals surface area contributed by atoms with Crippen LogP contribution in [0.25, 0.3) is 10.9 Å². The van der Waals surface area contributed by atoms with E-state index in [2.05, 4.69) is 4.98 Å². The molecule has 2 aromatic rings. The van der Waals surface area contributed by atoms with Crippen LogP contribution in [0.3, 0.4) is 0 Å². The van der Waals surface area contributed by atoms with Crippen LogP contribution in [0.1, 0.15) is 29.8 Å². The molecule has 2 fully saturated rings. The van der Waals surface area contributed by atoms with E-state index in [9.17, 15) is 9.59 Å². The van der Waals surface area contributed by atoms with Crippen molar-refractivity contribution in [2.45, 2.75) is 25.4 Å². The molecule has 1 amide bonds. The lowest BCUT2D eigenvalue weighted by molar-refractivity contribution is -0.150. The Hall–Kier alpha value is -2.87. The lowest BCUT2D eigenvalue weighted by Gasteiger charge is -2.36. The molecule has 1 unspecified atom stereocenters. The average molecular weight is 401 g/mol. The van der Waals surface area contributed by atoms with Gasteiger partial charge in [-0.1, -0.05) is 18.2 Å². The van der Waals surface area contributed by atoms with Gasteiger partial charge in [-0.15, -0.1) is 0 Å². The molecule has 1 aromatic heterocycles. The van der Waals surface area contributed by atoms with E-state index in [0.29, 0.717) is 31.6 Å². The summed E-state index contributed by atoms with van der Waals surface area (Å²) in [5.41, 5.74) is 1.18. The van der Waals surface area contributed by atoms with Crippen LogP contribution in [0.2, 0.25) is 0 Å². The van der Waals surface area contributed by atoms with E-state index in [-0.39, 0.29) is 24.5 Å². The van der Waals surface area contributed by atoms with Gasteiger partial charge >= 0.3 is 5.97 Å². The molecule has 0 aliphatic carbocycles. The first-order chi connectivity index (χ1) is 13.9. The lowest BCUT2D eigenvalue weighted by atomic mass is 9.76. The molecule has 0 bridgehead atoms. The fourth-order valence-electron chi connectivity index (χ4n) is 4.25. The van der Waals surface area contributed by atoms with Crippen LogP contribution in [0.5, 0.6) is 0 Å². The van der Waals surface area contributed by atoms with Crippen LogP contribution in [-0.4, -0.2) is 78.1 Å². The number of carbonyl (C=O) groups excluding carboxylic acids is 2. The van der Waals surface area contributed by atoms with E-state index in [4.69, 9.17) is 14.6 Å². The van der Waals surface area contributed by atoms with Gasteiger partial charge in [-0.25, -0.2) is 0 Å². The number of nitrogens with one attached hydrogen (secondary N) is 1. The molecule has 0 saturated carbocycles. The quantitative estimate of drug-likeness (QED) is 0.602. The number of nitrogens with zero attached hydrogens (tertiary/aromatic N) is 2. The fourth-order valence-corrected chi connectivity index (χ4v) is 4.25. The molecule has 8 nitrogen and oxygen atoms in total. The van der Waals surface area contributed by atoms with Gasteiger partial charge in [-0.05, 0) is 39.1 Å². The number of aromatic amines is 1. The van der Waals surface area contributed by atoms with Crippen LogP contribution in [-0.2, 0) is 14.3 Å². The molecule has 2 saturated heterocycles. The van der Waals surface area contributed by atoms with Crippen molar-refractivity contribution >= 4 is 29.3 Å². The van der Waals surface area contributed by atoms with Gasteiger partial charge in [-0.3, -0.25) is 14.4 Å². The first-order valence-corrected chi connectivity index (χ1v) is 9.69. The zero-order valence-electron chi connectivity index (χ0n) is 16.8. The maximum atomic E-state index is 12.8. The molecule has 4 rings (SSSR count). The topological polar surface area (TPSA) is 103 Å². The minimum absolute atomic E-state index is 0.00672. The van der Waals surface area contributed by atoms with Crippen molar-refractivity contribution < 1.29 is 24.2 Å². The molecule has 3 heterocycles. The van der Waals surface area contributed by atoms with Gasteiger partial charge in [-0.2, -0.15) is 0 Å². The van der Waals surface area contributed by atoms with Crippen LogP contribution in [0.15, 0.2) is 30.3 Å². The molecule has 29 heavy (non-hydrogen) atoms. The van der Waals surface area contributed by atoms with E-state index < -0.39 is 5.41 Å². The normalized spacial score (nSPS) is 20.4. The zero-order chi connectivity index (χ0) is 21.0. The van der Waals surface area contributed by atoms with Crippen molar-refractivity contribution in [2.75, 3.05) is 33.7 Å². The van der Waals surface area contributed by atoms with Gasteiger partial charge in [0.2, 0.25) is 0 Å². The number of carbonyl (C=O) groups is 3. The maximum absolute atomic E-state index is 12.8. The predicted molar refractivity (Wildman–Crippen MR) is 108 cm³/mol. The maximum Gasteiger partial charge on any atom is 0.312 e. The molecule has 156 valence electrons. The highest BCUT2D eigenvalue weighted by Gasteiger charge is 2.50. The summed E-state index contributed by atoms with van der Waals surface area (Å²) in [7, 11) is 3.97. The Kier molecular flexibility index (Phi) is 6.22. The highest BCUT2D eigenvalue weighted by molar-refractivity contribution is 5.98. The third kappa shape index (κ3) is 4.42. The van der Waals surface area contributed by atoms with Gasteiger partial charge in [0, 0.05) is 37.0 Å². The summed E-state index contributed by atoms with van der Waals surface area (Å²) >= 11 is 0. The van der Waals surface area contributed by atoms with E-state index in [1.54, 1.807) is 0 Å². The molecule has 2 N–H and O–H groups in total. The Morgan fingerprint density at radius 3 is 2.62 bits per heavy atom. The van der Waals surface area contributed by atoms with Crippen molar-refractivity contribution in [3.8, 4) is 0 Å². The zero-order valence-corrected chi connectivity index (χ0v) is 16.8. The summed E-state index contributed by atoms with van der Waals surface area (Å²) in [6.45, 7) is 1.70. The first kappa shape index (κ1) is 20.9. The molecule has 1 aromatic carbocycles. The summed E-state index contributed by atoms with van der Waals surface area (Å²) in [5.74, 6) is -0.0747. The smallest absolute Gasteiger partial charge is 0.312 e. The largest absolute Gasteiger partial charge is 0.483 e. The summed E-state index contributed by atoms with van der Waals surface area (Å²) in [6, 6.07) is 9.78. The van der Waals surface area contributed by atoms with Gasteiger partial charge in [0.25, 0.3) is 12.4 Å². The summed E-state index contributed by atoms with van der Waals surface area (Å²) in [4.78, 5) is 40.8. The minimum atomic E-state index is -0.405. The van der Waals surface area contributed by atoms with Crippen molar-refractivity contribution in [2.24, 2.45) is 5.41 Å². The second-order valence-corrected chi connectivity index (χ2v) is 7.94. The second-order valence-electron chi connectivity index (χ2n) is 7.94. The van der Waals surface area contributed by atoms with Crippen molar-refractivity contribution in [3.63, 3.8) is 0 Å².